The van der Waals surface area contributed by atoms with Crippen LogP contribution in [0.15, 0.2) is 48.5 Å². The van der Waals surface area contributed by atoms with Crippen molar-refractivity contribution in [1.82, 2.24) is 0 Å². The third-order valence-electron chi connectivity index (χ3n) is 3.28. The van der Waals surface area contributed by atoms with Gasteiger partial charge in [-0.1, -0.05) is 31.2 Å². The van der Waals surface area contributed by atoms with Crippen LogP contribution in [-0.4, -0.2) is 11.9 Å². The Labute approximate surface area is 129 Å². The highest BCUT2D eigenvalue weighted by Crippen LogP contribution is 2.27. The molecule has 0 spiro atoms. The van der Waals surface area contributed by atoms with E-state index in [-0.39, 0.29) is 17.9 Å². The Bertz CT molecular complexity index is 597. The average Bonchev–Trinajstić information content (AvgIpc) is 2.47. The van der Waals surface area contributed by atoms with Gasteiger partial charge in [0.25, 0.3) is 0 Å². The highest BCUT2D eigenvalue weighted by molar-refractivity contribution is 5.69. The topological polar surface area (TPSA) is 52.6 Å². The highest BCUT2D eigenvalue weighted by atomic mass is 16.5. The Morgan fingerprint density at radius 1 is 0.727 bits per heavy atom. The number of hydrogen-bond donors (Lipinski definition) is 0. The first-order valence-corrected chi connectivity index (χ1v) is 7.02. The number of ether oxygens (including phenoxy) is 2. The average molecular weight is 298 g/mol. The zero-order valence-corrected chi connectivity index (χ0v) is 12.8. The third-order valence-corrected chi connectivity index (χ3v) is 3.28. The second kappa shape index (κ2) is 6.89. The summed E-state index contributed by atoms with van der Waals surface area (Å²) in [5.41, 5.74) is 2.22. The zero-order chi connectivity index (χ0) is 16.1. The lowest BCUT2D eigenvalue weighted by atomic mass is 9.93. The molecule has 0 atom stereocenters. The molecule has 2 aromatic rings. The van der Waals surface area contributed by atoms with E-state index in [1.54, 1.807) is 24.3 Å². The van der Waals surface area contributed by atoms with E-state index in [4.69, 9.17) is 9.47 Å². The molecular weight excluding hydrogens is 280 g/mol. The third kappa shape index (κ3) is 4.19. The predicted octanol–water partition coefficient (Wildman–Crippen LogP) is 3.69. The van der Waals surface area contributed by atoms with Crippen LogP contribution in [0.2, 0.25) is 0 Å². The molecule has 0 N–H and O–H groups in total. The fraction of sp³-hybridized carbons (Fsp3) is 0.222. The fourth-order valence-corrected chi connectivity index (χ4v) is 2.17. The van der Waals surface area contributed by atoms with Gasteiger partial charge >= 0.3 is 11.9 Å². The molecule has 0 fully saturated rings. The molecule has 4 heteroatoms. The largest absolute Gasteiger partial charge is 0.427 e. The van der Waals surface area contributed by atoms with Crippen molar-refractivity contribution >= 4 is 11.9 Å². The number of benzene rings is 2. The van der Waals surface area contributed by atoms with Gasteiger partial charge in [0.1, 0.15) is 11.5 Å². The van der Waals surface area contributed by atoms with Gasteiger partial charge < -0.3 is 9.47 Å². The molecule has 22 heavy (non-hydrogen) atoms. The van der Waals surface area contributed by atoms with Crippen LogP contribution in [0.1, 0.15) is 37.8 Å². The van der Waals surface area contributed by atoms with Gasteiger partial charge in [0, 0.05) is 19.8 Å². The van der Waals surface area contributed by atoms with Gasteiger partial charge in [-0.05, 0) is 35.4 Å². The molecule has 0 saturated heterocycles. The fourth-order valence-electron chi connectivity index (χ4n) is 2.17. The number of esters is 2. The standard InChI is InChI=1S/C18H18O4/c1-12(15-4-8-17(9-5-15)21-13(2)19)16-6-10-18(11-7-16)22-14(3)20/h4-12H,1-3H3. The molecule has 2 aromatic carbocycles. The summed E-state index contributed by atoms with van der Waals surface area (Å²) >= 11 is 0. The van der Waals surface area contributed by atoms with E-state index < -0.39 is 0 Å². The van der Waals surface area contributed by atoms with Gasteiger partial charge in [-0.15, -0.1) is 0 Å². The van der Waals surface area contributed by atoms with E-state index in [0.29, 0.717) is 11.5 Å². The molecule has 0 bridgehead atoms. The summed E-state index contributed by atoms with van der Waals surface area (Å²) in [7, 11) is 0. The van der Waals surface area contributed by atoms with Crippen LogP contribution in [0.3, 0.4) is 0 Å². The maximum atomic E-state index is 10.9. The summed E-state index contributed by atoms with van der Waals surface area (Å²) in [4.78, 5) is 21.8. The first-order chi connectivity index (χ1) is 10.5. The van der Waals surface area contributed by atoms with E-state index in [1.165, 1.54) is 13.8 Å². The van der Waals surface area contributed by atoms with Crippen molar-refractivity contribution in [2.45, 2.75) is 26.7 Å². The SMILES string of the molecule is CC(=O)Oc1ccc(C(C)c2ccc(OC(C)=O)cc2)cc1. The summed E-state index contributed by atoms with van der Waals surface area (Å²) in [6.45, 7) is 4.84. The van der Waals surface area contributed by atoms with Gasteiger partial charge in [-0.3, -0.25) is 9.59 Å². The Morgan fingerprint density at radius 2 is 1.05 bits per heavy atom. The molecule has 2 rings (SSSR count). The molecule has 0 unspecified atom stereocenters. The van der Waals surface area contributed by atoms with Crippen LogP contribution in [0, 0.1) is 0 Å². The van der Waals surface area contributed by atoms with Crippen molar-refractivity contribution in [1.29, 1.82) is 0 Å². The molecule has 0 amide bonds. The lowest BCUT2D eigenvalue weighted by Crippen LogP contribution is -2.02. The first-order valence-electron chi connectivity index (χ1n) is 7.02. The molecule has 114 valence electrons. The highest BCUT2D eigenvalue weighted by Gasteiger charge is 2.09. The minimum atomic E-state index is -0.332. The van der Waals surface area contributed by atoms with Crippen molar-refractivity contribution in [2.75, 3.05) is 0 Å². The van der Waals surface area contributed by atoms with Crippen molar-refractivity contribution in [2.24, 2.45) is 0 Å². The summed E-state index contributed by atoms with van der Waals surface area (Å²) in [6, 6.07) is 14.8. The predicted molar refractivity (Wildman–Crippen MR) is 83.0 cm³/mol. The van der Waals surface area contributed by atoms with Gasteiger partial charge in [-0.2, -0.15) is 0 Å². The minimum Gasteiger partial charge on any atom is -0.427 e. The van der Waals surface area contributed by atoms with Gasteiger partial charge in [0.2, 0.25) is 0 Å². The molecule has 0 heterocycles. The van der Waals surface area contributed by atoms with Crippen LogP contribution >= 0.6 is 0 Å². The number of carbonyl (C=O) groups excluding carboxylic acids is 2. The van der Waals surface area contributed by atoms with Crippen molar-refractivity contribution < 1.29 is 19.1 Å². The normalized spacial score (nSPS) is 10.4. The molecule has 0 aliphatic heterocycles. The van der Waals surface area contributed by atoms with Crippen molar-refractivity contribution in [3.05, 3.63) is 59.7 Å². The maximum Gasteiger partial charge on any atom is 0.308 e. The molecular formula is C18H18O4. The maximum absolute atomic E-state index is 10.9. The molecule has 0 aromatic heterocycles. The summed E-state index contributed by atoms with van der Waals surface area (Å²) in [5, 5.41) is 0. The summed E-state index contributed by atoms with van der Waals surface area (Å²) in [5.74, 6) is 0.587. The van der Waals surface area contributed by atoms with E-state index in [9.17, 15) is 9.59 Å². The Balaban J connectivity index is 2.11. The number of hydrogen-bond acceptors (Lipinski definition) is 4. The Morgan fingerprint density at radius 3 is 1.32 bits per heavy atom. The first kappa shape index (κ1) is 15.8. The van der Waals surface area contributed by atoms with Crippen LogP contribution in [-0.2, 0) is 9.59 Å². The smallest absolute Gasteiger partial charge is 0.308 e. The van der Waals surface area contributed by atoms with E-state index in [2.05, 4.69) is 6.92 Å². The lowest BCUT2D eigenvalue weighted by molar-refractivity contribution is -0.132. The Hall–Kier alpha value is -2.62. The molecule has 4 nitrogen and oxygen atoms in total. The van der Waals surface area contributed by atoms with Crippen LogP contribution in [0.5, 0.6) is 11.5 Å². The Kier molecular flexibility index (Phi) is 4.94. The van der Waals surface area contributed by atoms with Crippen LogP contribution < -0.4 is 9.47 Å². The molecule has 0 saturated carbocycles. The van der Waals surface area contributed by atoms with E-state index in [1.807, 2.05) is 24.3 Å². The summed E-state index contributed by atoms with van der Waals surface area (Å²) in [6.07, 6.45) is 0. The summed E-state index contributed by atoms with van der Waals surface area (Å²) < 4.78 is 10.0. The quantitative estimate of drug-likeness (QED) is 0.638. The van der Waals surface area contributed by atoms with E-state index in [0.717, 1.165) is 11.1 Å². The van der Waals surface area contributed by atoms with Crippen molar-refractivity contribution in [3.63, 3.8) is 0 Å². The lowest BCUT2D eigenvalue weighted by Gasteiger charge is -2.13. The number of carbonyl (C=O) groups is 2. The monoisotopic (exact) mass is 298 g/mol. The van der Waals surface area contributed by atoms with Gasteiger partial charge in [0.05, 0.1) is 0 Å². The molecule has 0 radical (unpaired) electrons. The zero-order valence-electron chi connectivity index (χ0n) is 12.8. The van der Waals surface area contributed by atoms with Crippen molar-refractivity contribution in [3.8, 4) is 11.5 Å². The van der Waals surface area contributed by atoms with Crippen LogP contribution in [0.25, 0.3) is 0 Å². The minimum absolute atomic E-state index is 0.178. The molecule has 0 aliphatic rings. The van der Waals surface area contributed by atoms with Gasteiger partial charge in [-0.25, -0.2) is 0 Å². The second-order valence-corrected chi connectivity index (χ2v) is 5.05. The molecule has 0 aliphatic carbocycles. The van der Waals surface area contributed by atoms with Gasteiger partial charge in [0.15, 0.2) is 0 Å². The second-order valence-electron chi connectivity index (χ2n) is 5.05. The van der Waals surface area contributed by atoms with Crippen LogP contribution in [0.4, 0.5) is 0 Å². The number of rotatable bonds is 4. The van der Waals surface area contributed by atoms with E-state index >= 15 is 0 Å².